The van der Waals surface area contributed by atoms with E-state index in [9.17, 15) is 9.59 Å². The van der Waals surface area contributed by atoms with E-state index in [2.05, 4.69) is 5.32 Å². The molecule has 0 radical (unpaired) electrons. The molecule has 102 valence electrons. The van der Waals surface area contributed by atoms with Gasteiger partial charge >= 0.3 is 0 Å². The Morgan fingerprint density at radius 3 is 2.89 bits per heavy atom. The maximum atomic E-state index is 12.7. The first kappa shape index (κ1) is 13.3. The lowest BCUT2D eigenvalue weighted by molar-refractivity contribution is -0.151. The highest BCUT2D eigenvalue weighted by Crippen LogP contribution is 2.39. The lowest BCUT2D eigenvalue weighted by Crippen LogP contribution is -2.61. The third-order valence-electron chi connectivity index (χ3n) is 4.50. The van der Waals surface area contributed by atoms with Gasteiger partial charge in [-0.1, -0.05) is 13.3 Å². The van der Waals surface area contributed by atoms with Gasteiger partial charge in [-0.15, -0.1) is 0 Å². The SMILES string of the molecule is CCC1C(=O)NCCN1C(=O)C1(C)CCCC1N. The molecule has 1 aliphatic carbocycles. The van der Waals surface area contributed by atoms with Gasteiger partial charge in [-0.25, -0.2) is 0 Å². The van der Waals surface area contributed by atoms with Crippen LogP contribution < -0.4 is 11.1 Å². The van der Waals surface area contributed by atoms with Crippen molar-refractivity contribution in [2.45, 2.75) is 51.6 Å². The second-order valence-electron chi connectivity index (χ2n) is 5.63. The summed E-state index contributed by atoms with van der Waals surface area (Å²) < 4.78 is 0. The zero-order chi connectivity index (χ0) is 13.3. The van der Waals surface area contributed by atoms with Crippen molar-refractivity contribution in [3.05, 3.63) is 0 Å². The highest BCUT2D eigenvalue weighted by atomic mass is 16.2. The van der Waals surface area contributed by atoms with Crippen molar-refractivity contribution in [2.75, 3.05) is 13.1 Å². The summed E-state index contributed by atoms with van der Waals surface area (Å²) in [5, 5.41) is 2.82. The number of hydrogen-bond donors (Lipinski definition) is 2. The lowest BCUT2D eigenvalue weighted by Gasteiger charge is -2.40. The number of nitrogens with zero attached hydrogens (tertiary/aromatic N) is 1. The standard InChI is InChI=1S/C13H23N3O2/c1-3-9-11(17)15-7-8-16(9)12(18)13(2)6-4-5-10(13)14/h9-10H,3-8,14H2,1-2H3,(H,15,17). The fraction of sp³-hybridized carbons (Fsp3) is 0.846. The first-order chi connectivity index (χ1) is 8.50. The molecule has 0 aromatic rings. The quantitative estimate of drug-likeness (QED) is 0.740. The summed E-state index contributed by atoms with van der Waals surface area (Å²) in [7, 11) is 0. The highest BCUT2D eigenvalue weighted by Gasteiger charge is 2.47. The Morgan fingerprint density at radius 2 is 2.33 bits per heavy atom. The Kier molecular flexibility index (Phi) is 3.61. The smallest absolute Gasteiger partial charge is 0.242 e. The largest absolute Gasteiger partial charge is 0.353 e. The topological polar surface area (TPSA) is 75.4 Å². The number of carbonyl (C=O) groups is 2. The maximum absolute atomic E-state index is 12.7. The number of nitrogens with one attached hydrogen (secondary N) is 1. The molecule has 2 fully saturated rings. The zero-order valence-electron chi connectivity index (χ0n) is 11.2. The van der Waals surface area contributed by atoms with E-state index >= 15 is 0 Å². The van der Waals surface area contributed by atoms with E-state index in [0.717, 1.165) is 19.3 Å². The highest BCUT2D eigenvalue weighted by molar-refractivity contribution is 5.91. The van der Waals surface area contributed by atoms with E-state index in [1.54, 1.807) is 4.90 Å². The summed E-state index contributed by atoms with van der Waals surface area (Å²) in [6, 6.07) is -0.400. The maximum Gasteiger partial charge on any atom is 0.242 e. The molecule has 0 aromatic heterocycles. The van der Waals surface area contributed by atoms with Crippen LogP contribution in [0.4, 0.5) is 0 Å². The van der Waals surface area contributed by atoms with Gasteiger partial charge in [0.2, 0.25) is 11.8 Å². The van der Waals surface area contributed by atoms with Crippen LogP contribution in [0.5, 0.6) is 0 Å². The van der Waals surface area contributed by atoms with Crippen LogP contribution in [0.25, 0.3) is 0 Å². The molecule has 0 aromatic carbocycles. The van der Waals surface area contributed by atoms with E-state index in [0.29, 0.717) is 19.5 Å². The Labute approximate surface area is 108 Å². The van der Waals surface area contributed by atoms with Gasteiger partial charge in [0.25, 0.3) is 0 Å². The molecule has 1 saturated carbocycles. The summed E-state index contributed by atoms with van der Waals surface area (Å²) in [5.74, 6) is 0.0291. The molecule has 1 aliphatic heterocycles. The molecular formula is C13H23N3O2. The van der Waals surface area contributed by atoms with Crippen molar-refractivity contribution in [2.24, 2.45) is 11.1 Å². The zero-order valence-corrected chi connectivity index (χ0v) is 11.2. The van der Waals surface area contributed by atoms with Crippen molar-refractivity contribution in [1.82, 2.24) is 10.2 Å². The third kappa shape index (κ3) is 2.00. The van der Waals surface area contributed by atoms with Gasteiger partial charge in [-0.05, 0) is 26.2 Å². The summed E-state index contributed by atoms with van der Waals surface area (Å²) in [4.78, 5) is 26.3. The van der Waals surface area contributed by atoms with E-state index in [-0.39, 0.29) is 23.9 Å². The van der Waals surface area contributed by atoms with Gasteiger partial charge in [0.1, 0.15) is 6.04 Å². The van der Waals surface area contributed by atoms with Crippen LogP contribution in [-0.2, 0) is 9.59 Å². The van der Waals surface area contributed by atoms with E-state index in [4.69, 9.17) is 5.73 Å². The molecule has 2 aliphatic rings. The predicted molar refractivity (Wildman–Crippen MR) is 68.7 cm³/mol. The normalized spacial score (nSPS) is 36.6. The summed E-state index contributed by atoms with van der Waals surface area (Å²) >= 11 is 0. The number of hydrogen-bond acceptors (Lipinski definition) is 3. The average molecular weight is 253 g/mol. The summed E-state index contributed by atoms with van der Waals surface area (Å²) in [6.07, 6.45) is 3.39. The molecule has 3 unspecified atom stereocenters. The second kappa shape index (κ2) is 4.88. The minimum Gasteiger partial charge on any atom is -0.353 e. The Balaban J connectivity index is 2.19. The second-order valence-corrected chi connectivity index (χ2v) is 5.63. The van der Waals surface area contributed by atoms with Gasteiger partial charge in [0.15, 0.2) is 0 Å². The van der Waals surface area contributed by atoms with Gasteiger partial charge in [-0.2, -0.15) is 0 Å². The Bertz CT molecular complexity index is 358. The van der Waals surface area contributed by atoms with Crippen molar-refractivity contribution in [3.8, 4) is 0 Å². The first-order valence-electron chi connectivity index (χ1n) is 6.85. The van der Waals surface area contributed by atoms with Crippen LogP contribution in [-0.4, -0.2) is 41.9 Å². The summed E-state index contributed by atoms with van der Waals surface area (Å²) in [6.45, 7) is 5.04. The number of carbonyl (C=O) groups excluding carboxylic acids is 2. The minimum absolute atomic E-state index is 0.0349. The van der Waals surface area contributed by atoms with E-state index < -0.39 is 5.41 Å². The first-order valence-corrected chi connectivity index (χ1v) is 6.85. The molecular weight excluding hydrogens is 230 g/mol. The van der Waals surface area contributed by atoms with E-state index in [1.807, 2.05) is 13.8 Å². The molecule has 3 N–H and O–H groups in total. The van der Waals surface area contributed by atoms with Crippen LogP contribution in [0.2, 0.25) is 0 Å². The van der Waals surface area contributed by atoms with Crippen molar-refractivity contribution in [1.29, 1.82) is 0 Å². The average Bonchev–Trinajstić information content (AvgIpc) is 2.69. The predicted octanol–water partition coefficient (Wildman–Crippen LogP) is 0.241. The molecule has 3 atom stereocenters. The van der Waals surface area contributed by atoms with Gasteiger partial charge in [0.05, 0.1) is 5.41 Å². The van der Waals surface area contributed by atoms with Crippen LogP contribution in [0, 0.1) is 5.41 Å². The molecule has 1 heterocycles. The number of piperazine rings is 1. The van der Waals surface area contributed by atoms with Gasteiger partial charge in [-0.3, -0.25) is 9.59 Å². The Hall–Kier alpha value is -1.10. The fourth-order valence-electron chi connectivity index (χ4n) is 3.15. The van der Waals surface area contributed by atoms with Crippen molar-refractivity contribution in [3.63, 3.8) is 0 Å². The number of amides is 2. The molecule has 0 bridgehead atoms. The molecule has 1 saturated heterocycles. The monoisotopic (exact) mass is 253 g/mol. The van der Waals surface area contributed by atoms with Crippen LogP contribution >= 0.6 is 0 Å². The van der Waals surface area contributed by atoms with Crippen LogP contribution in [0.3, 0.4) is 0 Å². The van der Waals surface area contributed by atoms with Crippen molar-refractivity contribution < 1.29 is 9.59 Å². The van der Waals surface area contributed by atoms with Gasteiger partial charge < -0.3 is 16.0 Å². The minimum atomic E-state index is -0.481. The number of rotatable bonds is 2. The van der Waals surface area contributed by atoms with E-state index in [1.165, 1.54) is 0 Å². The molecule has 2 rings (SSSR count). The van der Waals surface area contributed by atoms with Crippen molar-refractivity contribution >= 4 is 11.8 Å². The molecule has 5 nitrogen and oxygen atoms in total. The molecule has 18 heavy (non-hydrogen) atoms. The lowest BCUT2D eigenvalue weighted by atomic mass is 9.82. The molecule has 0 spiro atoms. The Morgan fingerprint density at radius 1 is 1.61 bits per heavy atom. The van der Waals surface area contributed by atoms with Gasteiger partial charge in [0, 0.05) is 19.1 Å². The van der Waals surface area contributed by atoms with Crippen LogP contribution in [0.15, 0.2) is 0 Å². The number of nitrogens with two attached hydrogens (primary N) is 1. The van der Waals surface area contributed by atoms with Crippen LogP contribution in [0.1, 0.15) is 39.5 Å². The summed E-state index contributed by atoms with van der Waals surface area (Å²) in [5.41, 5.74) is 5.61. The molecule has 5 heteroatoms. The third-order valence-corrected chi connectivity index (χ3v) is 4.50. The fourth-order valence-corrected chi connectivity index (χ4v) is 3.15. The molecule has 2 amide bonds.